The highest BCUT2D eigenvalue weighted by Gasteiger charge is 2.20. The maximum atomic E-state index is 12.8. The van der Waals surface area contributed by atoms with Crippen LogP contribution in [-0.2, 0) is 10.0 Å². The molecule has 0 aliphatic carbocycles. The van der Waals surface area contributed by atoms with E-state index in [9.17, 15) is 28.1 Å². The van der Waals surface area contributed by atoms with E-state index in [1.165, 1.54) is 42.5 Å². The molecule has 10 nitrogen and oxygen atoms in total. The molecule has 3 N–H and O–H groups in total. The largest absolute Gasteiger partial charge is 0.478 e. The maximum absolute atomic E-state index is 12.8. The van der Waals surface area contributed by atoms with E-state index in [0.717, 1.165) is 24.3 Å². The third-order valence-corrected chi connectivity index (χ3v) is 5.83. The van der Waals surface area contributed by atoms with Crippen molar-refractivity contribution in [2.75, 3.05) is 10.0 Å². The van der Waals surface area contributed by atoms with Crippen LogP contribution < -0.4 is 10.0 Å². The lowest BCUT2D eigenvalue weighted by molar-refractivity contribution is -0.384. The van der Waals surface area contributed by atoms with Crippen molar-refractivity contribution in [3.05, 3.63) is 93.0 Å². The summed E-state index contributed by atoms with van der Waals surface area (Å²) in [5.74, 6) is -1.82. The first-order chi connectivity index (χ1) is 15.1. The monoisotopic (exact) mass is 475 g/mol. The van der Waals surface area contributed by atoms with Crippen LogP contribution in [0.5, 0.6) is 0 Å². The van der Waals surface area contributed by atoms with Gasteiger partial charge in [0.1, 0.15) is 0 Å². The summed E-state index contributed by atoms with van der Waals surface area (Å²) in [6.07, 6.45) is 0. The molecule has 0 saturated carbocycles. The molecule has 0 saturated heterocycles. The highest BCUT2D eigenvalue weighted by Crippen LogP contribution is 2.26. The molecule has 0 aliphatic rings. The number of non-ortho nitro benzene ring substituents is 1. The first kappa shape index (κ1) is 22.7. The Bertz CT molecular complexity index is 1310. The fourth-order valence-electron chi connectivity index (χ4n) is 2.64. The zero-order chi connectivity index (χ0) is 23.5. The fourth-order valence-corrected chi connectivity index (χ4v) is 3.89. The van der Waals surface area contributed by atoms with Crippen molar-refractivity contribution in [1.82, 2.24) is 0 Å². The van der Waals surface area contributed by atoms with Gasteiger partial charge in [0.2, 0.25) is 0 Å². The summed E-state index contributed by atoms with van der Waals surface area (Å²) < 4.78 is 27.7. The zero-order valence-electron chi connectivity index (χ0n) is 16.0. The third-order valence-electron chi connectivity index (χ3n) is 4.22. The summed E-state index contributed by atoms with van der Waals surface area (Å²) in [4.78, 5) is 33.6. The molecular formula is C20H14ClN3O7S. The lowest BCUT2D eigenvalue weighted by Crippen LogP contribution is -2.18. The number of nitrogens with one attached hydrogen (secondary N) is 2. The van der Waals surface area contributed by atoms with Crippen LogP contribution in [0.2, 0.25) is 5.02 Å². The standard InChI is InChI=1S/C20H14ClN3O7S/c21-13-3-10-18(23-32(30,31)16-8-6-15(7-9-16)24(28)29)17(11-13)19(25)22-14-4-1-12(2-5-14)20(26)27/h1-11,23H,(H,22,25)(H,26,27). The predicted molar refractivity (Wildman–Crippen MR) is 117 cm³/mol. The Morgan fingerprint density at radius 2 is 1.59 bits per heavy atom. The summed E-state index contributed by atoms with van der Waals surface area (Å²) >= 11 is 5.97. The average Bonchev–Trinajstić information content (AvgIpc) is 2.75. The number of benzene rings is 3. The third kappa shape index (κ3) is 5.20. The molecule has 0 atom stereocenters. The molecular weight excluding hydrogens is 462 g/mol. The van der Waals surface area contributed by atoms with Crippen LogP contribution in [0.3, 0.4) is 0 Å². The minimum absolute atomic E-state index is 0.0299. The lowest BCUT2D eigenvalue weighted by Gasteiger charge is -2.13. The fraction of sp³-hybridized carbons (Fsp3) is 0. The topological polar surface area (TPSA) is 156 Å². The summed E-state index contributed by atoms with van der Waals surface area (Å²) in [6, 6.07) is 13.5. The molecule has 164 valence electrons. The lowest BCUT2D eigenvalue weighted by atomic mass is 10.1. The Kier molecular flexibility index (Phi) is 6.42. The van der Waals surface area contributed by atoms with Gasteiger partial charge >= 0.3 is 5.97 Å². The van der Waals surface area contributed by atoms with Crippen molar-refractivity contribution in [3.8, 4) is 0 Å². The number of amides is 1. The van der Waals surface area contributed by atoms with Crippen molar-refractivity contribution in [2.45, 2.75) is 4.90 Å². The van der Waals surface area contributed by atoms with Gasteiger partial charge < -0.3 is 10.4 Å². The number of sulfonamides is 1. The van der Waals surface area contributed by atoms with Crippen molar-refractivity contribution >= 4 is 50.6 Å². The highest BCUT2D eigenvalue weighted by molar-refractivity contribution is 7.92. The van der Waals surface area contributed by atoms with E-state index in [1.807, 2.05) is 0 Å². The predicted octanol–water partition coefficient (Wildman–Crippen LogP) is 4.00. The average molecular weight is 476 g/mol. The molecule has 0 aliphatic heterocycles. The molecule has 3 rings (SSSR count). The SMILES string of the molecule is O=C(O)c1ccc(NC(=O)c2cc(Cl)ccc2NS(=O)(=O)c2ccc([N+](=O)[O-])cc2)cc1. The van der Waals surface area contributed by atoms with Crippen molar-refractivity contribution in [2.24, 2.45) is 0 Å². The van der Waals surface area contributed by atoms with Gasteiger partial charge in [-0.2, -0.15) is 0 Å². The quantitative estimate of drug-likeness (QED) is 0.344. The van der Waals surface area contributed by atoms with Crippen LogP contribution in [0.15, 0.2) is 71.6 Å². The minimum atomic E-state index is -4.17. The van der Waals surface area contributed by atoms with Crippen LogP contribution in [0.25, 0.3) is 0 Å². The number of rotatable bonds is 7. The molecule has 0 heterocycles. The van der Waals surface area contributed by atoms with Gasteiger partial charge in [-0.25, -0.2) is 13.2 Å². The summed E-state index contributed by atoms with van der Waals surface area (Å²) in [6.45, 7) is 0. The second-order valence-corrected chi connectivity index (χ2v) is 8.50. The second-order valence-electron chi connectivity index (χ2n) is 6.38. The minimum Gasteiger partial charge on any atom is -0.478 e. The van der Waals surface area contributed by atoms with Gasteiger partial charge in [0, 0.05) is 22.8 Å². The molecule has 0 bridgehead atoms. The molecule has 0 radical (unpaired) electrons. The molecule has 3 aromatic carbocycles. The number of carbonyl (C=O) groups excluding carboxylic acids is 1. The van der Waals surface area contributed by atoms with Crippen LogP contribution in [0.1, 0.15) is 20.7 Å². The molecule has 3 aromatic rings. The van der Waals surface area contributed by atoms with Crippen molar-refractivity contribution < 1.29 is 28.0 Å². The van der Waals surface area contributed by atoms with E-state index >= 15 is 0 Å². The Labute approximate surface area is 186 Å². The molecule has 1 amide bonds. The first-order valence-electron chi connectivity index (χ1n) is 8.78. The molecule has 12 heteroatoms. The number of hydrogen-bond donors (Lipinski definition) is 3. The zero-order valence-corrected chi connectivity index (χ0v) is 17.6. The number of nitrogens with zero attached hydrogens (tertiary/aromatic N) is 1. The summed E-state index contributed by atoms with van der Waals surface area (Å²) in [5.41, 5.74) is -0.131. The van der Waals surface area contributed by atoms with Crippen LogP contribution >= 0.6 is 11.6 Å². The molecule has 32 heavy (non-hydrogen) atoms. The molecule has 0 spiro atoms. The van der Waals surface area contributed by atoms with Gasteiger partial charge in [0.15, 0.2) is 0 Å². The van der Waals surface area contributed by atoms with Gasteiger partial charge in [0.25, 0.3) is 21.6 Å². The maximum Gasteiger partial charge on any atom is 0.335 e. The Balaban J connectivity index is 1.87. The van der Waals surface area contributed by atoms with Gasteiger partial charge in [-0.15, -0.1) is 0 Å². The first-order valence-corrected chi connectivity index (χ1v) is 10.6. The number of hydrogen-bond acceptors (Lipinski definition) is 6. The number of carboxylic acids is 1. The number of anilines is 2. The van der Waals surface area contributed by atoms with Gasteiger partial charge in [-0.1, -0.05) is 11.6 Å². The number of carbonyl (C=O) groups is 2. The highest BCUT2D eigenvalue weighted by atomic mass is 35.5. The van der Waals surface area contributed by atoms with E-state index in [4.69, 9.17) is 16.7 Å². The van der Waals surface area contributed by atoms with E-state index < -0.39 is 26.8 Å². The Hall–Kier alpha value is -3.96. The van der Waals surface area contributed by atoms with Gasteiger partial charge in [-0.3, -0.25) is 19.6 Å². The number of halogens is 1. The summed E-state index contributed by atoms with van der Waals surface area (Å²) in [7, 11) is -4.17. The van der Waals surface area contributed by atoms with Crippen LogP contribution in [0, 0.1) is 10.1 Å². The van der Waals surface area contributed by atoms with Crippen LogP contribution in [-0.4, -0.2) is 30.3 Å². The number of nitro benzene ring substituents is 1. The van der Waals surface area contributed by atoms with E-state index in [-0.39, 0.29) is 38.1 Å². The van der Waals surface area contributed by atoms with Gasteiger partial charge in [0.05, 0.1) is 26.6 Å². The van der Waals surface area contributed by atoms with E-state index in [1.54, 1.807) is 0 Å². The molecule has 0 fully saturated rings. The van der Waals surface area contributed by atoms with E-state index in [0.29, 0.717) is 0 Å². The van der Waals surface area contributed by atoms with Crippen molar-refractivity contribution in [1.29, 1.82) is 0 Å². The molecule has 0 unspecified atom stereocenters. The van der Waals surface area contributed by atoms with Crippen molar-refractivity contribution in [3.63, 3.8) is 0 Å². The summed E-state index contributed by atoms with van der Waals surface area (Å²) in [5, 5.41) is 22.4. The number of aromatic carboxylic acids is 1. The second kappa shape index (κ2) is 9.04. The number of carboxylic acid groups (broad SMARTS) is 1. The van der Waals surface area contributed by atoms with Gasteiger partial charge in [-0.05, 0) is 54.6 Å². The van der Waals surface area contributed by atoms with E-state index in [2.05, 4.69) is 10.0 Å². The Morgan fingerprint density at radius 3 is 2.16 bits per heavy atom. The van der Waals surface area contributed by atoms with Crippen LogP contribution in [0.4, 0.5) is 17.1 Å². The molecule has 0 aromatic heterocycles. The normalized spacial score (nSPS) is 10.9. The number of nitro groups is 1. The smallest absolute Gasteiger partial charge is 0.335 e. The Morgan fingerprint density at radius 1 is 0.969 bits per heavy atom.